The Kier molecular flexibility index (Phi) is 4.61. The van der Waals surface area contributed by atoms with Crippen LogP contribution in [-0.4, -0.2) is 0 Å². The van der Waals surface area contributed by atoms with Crippen LogP contribution in [0, 0.1) is 56.7 Å². The minimum Gasteiger partial charge on any atom is -0.0999 e. The third kappa shape index (κ3) is 2.46. The van der Waals surface area contributed by atoms with E-state index in [4.69, 9.17) is 0 Å². The van der Waals surface area contributed by atoms with E-state index in [1.165, 1.54) is 76.2 Å². The number of hydrogen-bond acceptors (Lipinski definition) is 0. The molecule has 9 atom stereocenters. The van der Waals surface area contributed by atoms with Crippen LogP contribution in [-0.2, 0) is 0 Å². The van der Waals surface area contributed by atoms with Crippen LogP contribution < -0.4 is 0 Å². The minimum absolute atomic E-state index is 0.542. The van der Waals surface area contributed by atoms with Crippen molar-refractivity contribution in [3.8, 4) is 0 Å². The van der Waals surface area contributed by atoms with E-state index in [9.17, 15) is 0 Å². The summed E-state index contributed by atoms with van der Waals surface area (Å²) in [6, 6.07) is 0. The van der Waals surface area contributed by atoms with Crippen LogP contribution in [0.4, 0.5) is 0 Å². The summed E-state index contributed by atoms with van der Waals surface area (Å²) >= 11 is 0. The van der Waals surface area contributed by atoms with Crippen molar-refractivity contribution in [1.82, 2.24) is 0 Å². The Morgan fingerprint density at radius 2 is 1.23 bits per heavy atom. The van der Waals surface area contributed by atoms with Gasteiger partial charge in [-0.2, -0.15) is 0 Å². The molecule has 0 aromatic rings. The standard InChI is InChI=1S/C30H50/c1-20(2)21-12-17-27(5)22(21)13-18-29(7)24(27)10-11-25-28(6)16-9-15-26(3,4)23(28)14-19-30(25,29)8/h21-25H,1,9-19H2,2-8H3/t21-,22+,23?,24?,25?,27+,28+,29-,30-/m1/s1. The Morgan fingerprint density at radius 1 is 0.633 bits per heavy atom. The molecule has 0 nitrogen and oxygen atoms in total. The van der Waals surface area contributed by atoms with Gasteiger partial charge in [0, 0.05) is 0 Å². The average Bonchev–Trinajstić information content (AvgIpc) is 2.99. The molecule has 0 bridgehead atoms. The Bertz CT molecular complexity index is 730. The maximum atomic E-state index is 4.43. The van der Waals surface area contributed by atoms with Crippen molar-refractivity contribution in [2.24, 2.45) is 56.7 Å². The van der Waals surface area contributed by atoms with Crippen molar-refractivity contribution in [3.05, 3.63) is 12.2 Å². The Labute approximate surface area is 188 Å². The van der Waals surface area contributed by atoms with Gasteiger partial charge in [-0.25, -0.2) is 0 Å². The summed E-state index contributed by atoms with van der Waals surface area (Å²) in [7, 11) is 0. The molecule has 0 radical (unpaired) electrons. The number of allylic oxidation sites excluding steroid dienone is 1. The van der Waals surface area contributed by atoms with Gasteiger partial charge in [-0.05, 0) is 128 Å². The third-order valence-electron chi connectivity index (χ3n) is 13.3. The SMILES string of the molecule is C=C(C)[C@H]1CC[C@]2(C)C3CCC4[C@@]5(C)CCCC(C)(C)C5CC[C@@]4(C)[C@]3(C)CC[C@@H]12. The molecule has 0 aromatic carbocycles. The summed E-state index contributed by atoms with van der Waals surface area (Å²) in [6.07, 6.45) is 16.3. The van der Waals surface area contributed by atoms with E-state index < -0.39 is 0 Å². The predicted octanol–water partition coefficient (Wildman–Crippen LogP) is 9.05. The van der Waals surface area contributed by atoms with Gasteiger partial charge >= 0.3 is 0 Å². The molecule has 0 heterocycles. The highest BCUT2D eigenvalue weighted by atomic mass is 14.7. The molecule has 0 saturated heterocycles. The lowest BCUT2D eigenvalue weighted by molar-refractivity contribution is -0.240. The van der Waals surface area contributed by atoms with Gasteiger partial charge in [0.1, 0.15) is 0 Å². The first-order chi connectivity index (χ1) is 13.9. The highest BCUT2D eigenvalue weighted by molar-refractivity contribution is 5.20. The molecule has 5 aliphatic carbocycles. The van der Waals surface area contributed by atoms with E-state index >= 15 is 0 Å². The molecule has 0 aromatic heterocycles. The lowest BCUT2D eigenvalue weighted by Gasteiger charge is -2.73. The van der Waals surface area contributed by atoms with Gasteiger partial charge in [-0.1, -0.05) is 60.1 Å². The zero-order valence-corrected chi connectivity index (χ0v) is 21.4. The molecule has 170 valence electrons. The first-order valence-electron chi connectivity index (χ1n) is 13.6. The van der Waals surface area contributed by atoms with Gasteiger partial charge in [-0.15, -0.1) is 0 Å². The lowest BCUT2D eigenvalue weighted by Crippen LogP contribution is -2.65. The molecular weight excluding hydrogens is 360 g/mol. The smallest absolute Gasteiger partial charge is 0.0175 e. The lowest BCUT2D eigenvalue weighted by atomic mass is 9.32. The van der Waals surface area contributed by atoms with Crippen LogP contribution in [0.5, 0.6) is 0 Å². The molecule has 0 N–H and O–H groups in total. The Morgan fingerprint density at radius 3 is 1.87 bits per heavy atom. The number of fused-ring (bicyclic) bond motifs is 7. The summed E-state index contributed by atoms with van der Waals surface area (Å²) in [5, 5.41) is 0. The molecule has 3 unspecified atom stereocenters. The minimum atomic E-state index is 0.542. The van der Waals surface area contributed by atoms with Crippen molar-refractivity contribution >= 4 is 0 Å². The molecule has 0 amide bonds. The maximum Gasteiger partial charge on any atom is -0.0175 e. The van der Waals surface area contributed by atoms with Crippen LogP contribution in [0.15, 0.2) is 12.2 Å². The first-order valence-corrected chi connectivity index (χ1v) is 13.6. The zero-order valence-electron chi connectivity index (χ0n) is 21.4. The van der Waals surface area contributed by atoms with Gasteiger partial charge in [0.15, 0.2) is 0 Å². The van der Waals surface area contributed by atoms with E-state index in [1.807, 2.05) is 0 Å². The van der Waals surface area contributed by atoms with Crippen molar-refractivity contribution < 1.29 is 0 Å². The summed E-state index contributed by atoms with van der Waals surface area (Å²) in [6.45, 7) is 23.0. The van der Waals surface area contributed by atoms with E-state index in [1.54, 1.807) is 0 Å². The molecule has 5 fully saturated rings. The second-order valence-corrected chi connectivity index (χ2v) is 14.6. The summed E-state index contributed by atoms with van der Waals surface area (Å²) in [5.74, 6) is 4.54. The second kappa shape index (κ2) is 6.41. The molecule has 0 spiro atoms. The molecule has 0 heteroatoms. The van der Waals surface area contributed by atoms with Gasteiger partial charge in [0.05, 0.1) is 0 Å². The maximum absolute atomic E-state index is 4.43. The average molecular weight is 411 g/mol. The van der Waals surface area contributed by atoms with E-state index in [-0.39, 0.29) is 0 Å². The van der Waals surface area contributed by atoms with Crippen LogP contribution in [0.2, 0.25) is 0 Å². The fraction of sp³-hybridized carbons (Fsp3) is 0.933. The normalized spacial score (nSPS) is 57.0. The van der Waals surface area contributed by atoms with Crippen LogP contribution in [0.3, 0.4) is 0 Å². The fourth-order valence-corrected chi connectivity index (χ4v) is 11.9. The van der Waals surface area contributed by atoms with Crippen molar-refractivity contribution in [2.75, 3.05) is 0 Å². The highest BCUT2D eigenvalue weighted by Crippen LogP contribution is 2.77. The Balaban J connectivity index is 1.53. The quantitative estimate of drug-likeness (QED) is 0.378. The molecule has 0 aliphatic heterocycles. The Hall–Kier alpha value is -0.260. The number of rotatable bonds is 1. The molecular formula is C30H50. The van der Waals surface area contributed by atoms with Crippen LogP contribution in [0.25, 0.3) is 0 Å². The van der Waals surface area contributed by atoms with Crippen molar-refractivity contribution in [1.29, 1.82) is 0 Å². The van der Waals surface area contributed by atoms with Gasteiger partial charge < -0.3 is 0 Å². The fourth-order valence-electron chi connectivity index (χ4n) is 11.9. The van der Waals surface area contributed by atoms with E-state index in [0.717, 1.165) is 29.6 Å². The van der Waals surface area contributed by atoms with Crippen molar-refractivity contribution in [3.63, 3.8) is 0 Å². The van der Waals surface area contributed by atoms with Gasteiger partial charge in [0.25, 0.3) is 0 Å². The summed E-state index contributed by atoms with van der Waals surface area (Å²) < 4.78 is 0. The monoisotopic (exact) mass is 410 g/mol. The van der Waals surface area contributed by atoms with E-state index in [0.29, 0.717) is 27.1 Å². The molecule has 5 saturated carbocycles. The summed E-state index contributed by atoms with van der Waals surface area (Å²) in [4.78, 5) is 0. The summed E-state index contributed by atoms with van der Waals surface area (Å²) in [5.41, 5.74) is 4.26. The molecule has 5 aliphatic rings. The van der Waals surface area contributed by atoms with Crippen molar-refractivity contribution in [2.45, 2.75) is 119 Å². The first kappa shape index (κ1) is 21.6. The zero-order chi connectivity index (χ0) is 21.7. The third-order valence-corrected chi connectivity index (χ3v) is 13.3. The molecule has 30 heavy (non-hydrogen) atoms. The second-order valence-electron chi connectivity index (χ2n) is 14.6. The van der Waals surface area contributed by atoms with Gasteiger partial charge in [-0.3, -0.25) is 0 Å². The predicted molar refractivity (Wildman–Crippen MR) is 129 cm³/mol. The highest BCUT2D eigenvalue weighted by Gasteiger charge is 2.70. The number of hydrogen-bond donors (Lipinski definition) is 0. The molecule has 5 rings (SSSR count). The van der Waals surface area contributed by atoms with Crippen LogP contribution >= 0.6 is 0 Å². The topological polar surface area (TPSA) is 0 Å². The van der Waals surface area contributed by atoms with Crippen LogP contribution in [0.1, 0.15) is 119 Å². The largest absolute Gasteiger partial charge is 0.0999 e. The van der Waals surface area contributed by atoms with Gasteiger partial charge in [0.2, 0.25) is 0 Å². The van der Waals surface area contributed by atoms with E-state index in [2.05, 4.69) is 55.0 Å².